The van der Waals surface area contributed by atoms with E-state index in [0.717, 1.165) is 26.9 Å². The molecule has 1 saturated heterocycles. The smallest absolute Gasteiger partial charge is 0.301 e. The number of anilines is 1. The van der Waals surface area contributed by atoms with Crippen LogP contribution in [0.3, 0.4) is 0 Å². The molecule has 0 radical (unpaired) electrons. The number of amides is 1. The van der Waals surface area contributed by atoms with Crippen LogP contribution in [0.2, 0.25) is 0 Å². The Morgan fingerprint density at radius 2 is 1.74 bits per heavy atom. The Hall–Kier alpha value is -3.97. The summed E-state index contributed by atoms with van der Waals surface area (Å²) >= 11 is 1.37. The van der Waals surface area contributed by atoms with Crippen molar-refractivity contribution in [2.45, 2.75) is 46.1 Å². The zero-order valence-electron chi connectivity index (χ0n) is 22.3. The van der Waals surface area contributed by atoms with Crippen molar-refractivity contribution in [1.82, 2.24) is 4.98 Å². The SMILES string of the molecule is COc1cccc(/C(O)=C2\C(=O)C(=O)N(c3nc4c(C)cc(C)cc4s3)[C@@H]2c2ccc(C(C)(C)C)cc2)c1. The minimum Gasteiger partial charge on any atom is -0.507 e. The van der Waals surface area contributed by atoms with Gasteiger partial charge in [0, 0.05) is 5.56 Å². The predicted octanol–water partition coefficient (Wildman–Crippen LogP) is 6.85. The number of benzene rings is 3. The van der Waals surface area contributed by atoms with Crippen LogP contribution in [0, 0.1) is 13.8 Å². The molecule has 0 unspecified atom stereocenters. The molecule has 7 heteroatoms. The van der Waals surface area contributed by atoms with E-state index in [2.05, 4.69) is 20.8 Å². The van der Waals surface area contributed by atoms with Gasteiger partial charge in [0.05, 0.1) is 28.9 Å². The van der Waals surface area contributed by atoms with E-state index < -0.39 is 17.7 Å². The summed E-state index contributed by atoms with van der Waals surface area (Å²) in [7, 11) is 1.53. The van der Waals surface area contributed by atoms with Crippen LogP contribution in [-0.4, -0.2) is 28.9 Å². The molecule has 0 aliphatic carbocycles. The van der Waals surface area contributed by atoms with Crippen LogP contribution < -0.4 is 9.64 Å². The summed E-state index contributed by atoms with van der Waals surface area (Å²) < 4.78 is 6.25. The zero-order valence-corrected chi connectivity index (χ0v) is 23.1. The van der Waals surface area contributed by atoms with Crippen LogP contribution in [0.15, 0.2) is 66.2 Å². The van der Waals surface area contributed by atoms with Gasteiger partial charge in [0.2, 0.25) is 0 Å². The molecule has 194 valence electrons. The van der Waals surface area contributed by atoms with Crippen LogP contribution in [0.4, 0.5) is 5.13 Å². The fourth-order valence-electron chi connectivity index (χ4n) is 4.90. The second-order valence-electron chi connectivity index (χ2n) is 10.7. The van der Waals surface area contributed by atoms with Gasteiger partial charge in [-0.2, -0.15) is 0 Å². The molecule has 3 aromatic carbocycles. The topological polar surface area (TPSA) is 79.7 Å². The van der Waals surface area contributed by atoms with Crippen molar-refractivity contribution in [3.63, 3.8) is 0 Å². The number of carbonyl (C=O) groups excluding carboxylic acids is 2. The van der Waals surface area contributed by atoms with Crippen LogP contribution in [0.5, 0.6) is 5.75 Å². The minimum absolute atomic E-state index is 0.0268. The van der Waals surface area contributed by atoms with Crippen LogP contribution >= 0.6 is 11.3 Å². The predicted molar refractivity (Wildman–Crippen MR) is 152 cm³/mol. The lowest BCUT2D eigenvalue weighted by Gasteiger charge is -2.24. The average molecular weight is 527 g/mol. The highest BCUT2D eigenvalue weighted by Crippen LogP contribution is 2.45. The quantitative estimate of drug-likeness (QED) is 0.179. The molecule has 1 amide bonds. The number of aryl methyl sites for hydroxylation is 2. The first kappa shape index (κ1) is 25.7. The number of ether oxygens (including phenoxy) is 1. The normalized spacial score (nSPS) is 17.4. The van der Waals surface area contributed by atoms with Crippen molar-refractivity contribution >= 4 is 44.1 Å². The average Bonchev–Trinajstić information content (AvgIpc) is 3.41. The van der Waals surface area contributed by atoms with Crippen LogP contribution in [-0.2, 0) is 15.0 Å². The molecule has 1 aliphatic heterocycles. The van der Waals surface area contributed by atoms with Crippen molar-refractivity contribution in [3.8, 4) is 5.75 Å². The number of nitrogens with zero attached hydrogens (tertiary/aromatic N) is 2. The molecule has 1 N–H and O–H groups in total. The molecule has 6 nitrogen and oxygen atoms in total. The molecule has 0 bridgehead atoms. The Labute approximate surface area is 226 Å². The van der Waals surface area contributed by atoms with Crippen molar-refractivity contribution in [2.24, 2.45) is 0 Å². The number of aliphatic hydroxyl groups is 1. The van der Waals surface area contributed by atoms with Gasteiger partial charge in [-0.05, 0) is 59.7 Å². The molecule has 1 aromatic heterocycles. The van der Waals surface area contributed by atoms with Crippen molar-refractivity contribution in [1.29, 1.82) is 0 Å². The van der Waals surface area contributed by atoms with E-state index in [4.69, 9.17) is 9.72 Å². The monoisotopic (exact) mass is 526 g/mol. The third kappa shape index (κ3) is 4.37. The second kappa shape index (κ2) is 9.40. The van der Waals surface area contributed by atoms with Gasteiger partial charge >= 0.3 is 5.91 Å². The molecule has 38 heavy (non-hydrogen) atoms. The highest BCUT2D eigenvalue weighted by Gasteiger charge is 2.48. The number of rotatable bonds is 4. The Bertz CT molecular complexity index is 1610. The number of ketones is 1. The number of methoxy groups -OCH3 is 1. The van der Waals surface area contributed by atoms with Crippen molar-refractivity contribution in [2.75, 3.05) is 12.0 Å². The molecule has 1 atom stereocenters. The van der Waals surface area contributed by atoms with E-state index in [-0.39, 0.29) is 16.7 Å². The number of aliphatic hydroxyl groups excluding tert-OH is 1. The third-order valence-corrected chi connectivity index (χ3v) is 7.91. The Morgan fingerprint density at radius 1 is 1.03 bits per heavy atom. The van der Waals surface area contributed by atoms with Crippen LogP contribution in [0.25, 0.3) is 16.0 Å². The zero-order chi connectivity index (χ0) is 27.4. The first-order chi connectivity index (χ1) is 18.0. The fourth-order valence-corrected chi connectivity index (χ4v) is 6.07. The molecule has 2 heterocycles. The standard InChI is InChI=1S/C31H30N2O4S/c1-17-14-18(2)25-23(15-17)38-30(32-25)33-26(19-10-12-21(13-11-19)31(3,4)5)24(28(35)29(33)36)27(34)20-8-7-9-22(16-20)37-6/h7-16,26,34H,1-6H3/b27-24+/t26-/m1/s1. The van der Waals surface area contributed by atoms with Gasteiger partial charge in [0.25, 0.3) is 5.78 Å². The Balaban J connectivity index is 1.73. The number of fused-ring (bicyclic) bond motifs is 1. The number of hydrogen-bond acceptors (Lipinski definition) is 6. The molecule has 1 aliphatic rings. The summed E-state index contributed by atoms with van der Waals surface area (Å²) in [5.41, 5.74) is 5.09. The van der Waals surface area contributed by atoms with E-state index in [1.54, 1.807) is 24.3 Å². The highest BCUT2D eigenvalue weighted by molar-refractivity contribution is 7.22. The molecular weight excluding hydrogens is 496 g/mol. The number of carbonyl (C=O) groups is 2. The third-order valence-electron chi connectivity index (χ3n) is 6.90. The minimum atomic E-state index is -0.836. The van der Waals surface area contributed by atoms with Crippen molar-refractivity contribution < 1.29 is 19.4 Å². The number of thiazole rings is 1. The second-order valence-corrected chi connectivity index (χ2v) is 11.7. The summed E-state index contributed by atoms with van der Waals surface area (Å²) in [6, 6.07) is 17.9. The molecule has 5 rings (SSSR count). The Morgan fingerprint density at radius 3 is 2.39 bits per heavy atom. The fraction of sp³-hybridized carbons (Fsp3) is 0.258. The maximum absolute atomic E-state index is 13.6. The van der Waals surface area contributed by atoms with E-state index in [9.17, 15) is 14.7 Å². The largest absolute Gasteiger partial charge is 0.507 e. The van der Waals surface area contributed by atoms with Gasteiger partial charge in [-0.1, -0.05) is 74.6 Å². The lowest BCUT2D eigenvalue weighted by atomic mass is 9.85. The summed E-state index contributed by atoms with van der Waals surface area (Å²) in [5.74, 6) is -1.18. The van der Waals surface area contributed by atoms with Gasteiger partial charge in [-0.15, -0.1) is 0 Å². The summed E-state index contributed by atoms with van der Waals surface area (Å²) in [6.45, 7) is 10.4. The van der Waals surface area contributed by atoms with Crippen LogP contribution in [0.1, 0.15) is 54.6 Å². The first-order valence-electron chi connectivity index (χ1n) is 12.4. The van der Waals surface area contributed by atoms with Gasteiger partial charge < -0.3 is 9.84 Å². The van der Waals surface area contributed by atoms with Crippen molar-refractivity contribution in [3.05, 3.63) is 94.1 Å². The highest BCUT2D eigenvalue weighted by atomic mass is 32.1. The molecule has 4 aromatic rings. The van der Waals surface area contributed by atoms with E-state index in [1.807, 2.05) is 50.2 Å². The number of aromatic nitrogens is 1. The van der Waals surface area contributed by atoms with Gasteiger partial charge in [-0.3, -0.25) is 14.5 Å². The van der Waals surface area contributed by atoms with Gasteiger partial charge in [-0.25, -0.2) is 4.98 Å². The van der Waals surface area contributed by atoms with E-state index >= 15 is 0 Å². The van der Waals surface area contributed by atoms with E-state index in [1.165, 1.54) is 23.3 Å². The number of hydrogen-bond donors (Lipinski definition) is 1. The molecular formula is C31H30N2O4S. The van der Waals surface area contributed by atoms with Gasteiger partial charge in [0.15, 0.2) is 5.13 Å². The molecule has 0 saturated carbocycles. The summed E-state index contributed by atoms with van der Waals surface area (Å²) in [5, 5.41) is 11.9. The molecule has 0 spiro atoms. The lowest BCUT2D eigenvalue weighted by Crippen LogP contribution is -2.29. The maximum Gasteiger partial charge on any atom is 0.301 e. The number of Topliss-reactive ketones (excluding diaryl/α,β-unsaturated/α-hetero) is 1. The maximum atomic E-state index is 13.6. The summed E-state index contributed by atoms with van der Waals surface area (Å²) in [4.78, 5) is 33.4. The summed E-state index contributed by atoms with van der Waals surface area (Å²) in [6.07, 6.45) is 0. The first-order valence-corrected chi connectivity index (χ1v) is 13.2. The molecule has 1 fully saturated rings. The Kier molecular flexibility index (Phi) is 6.35. The van der Waals surface area contributed by atoms with E-state index in [0.29, 0.717) is 22.0 Å². The lowest BCUT2D eigenvalue weighted by molar-refractivity contribution is -0.132. The van der Waals surface area contributed by atoms with Gasteiger partial charge in [0.1, 0.15) is 11.5 Å².